The molecule has 1 aliphatic heterocycles. The maximum atomic E-state index is 13.5. The molecular weight excluding hydrogens is 229 g/mol. The standard InChI is InChI=1S/C12H15ClFNO/c1-7-6-9(14)12(16)10(11(7)13)8-2-4-15-5-3-8/h6,8,15-16H,2-5H2,1H3. The van der Waals surface area contributed by atoms with E-state index in [9.17, 15) is 9.50 Å². The third kappa shape index (κ3) is 2.02. The second-order valence-electron chi connectivity index (χ2n) is 4.28. The molecule has 1 heterocycles. The molecule has 2 N–H and O–H groups in total. The summed E-state index contributed by atoms with van der Waals surface area (Å²) in [7, 11) is 0. The molecule has 1 saturated heterocycles. The average molecular weight is 244 g/mol. The molecule has 0 atom stereocenters. The van der Waals surface area contributed by atoms with E-state index in [1.165, 1.54) is 6.07 Å². The van der Waals surface area contributed by atoms with E-state index >= 15 is 0 Å². The van der Waals surface area contributed by atoms with Crippen molar-refractivity contribution in [2.24, 2.45) is 0 Å². The molecule has 2 rings (SSSR count). The van der Waals surface area contributed by atoms with Gasteiger partial charge in [-0.05, 0) is 50.4 Å². The molecule has 0 saturated carbocycles. The maximum absolute atomic E-state index is 13.5. The predicted molar refractivity (Wildman–Crippen MR) is 62.7 cm³/mol. The highest BCUT2D eigenvalue weighted by molar-refractivity contribution is 6.32. The monoisotopic (exact) mass is 243 g/mol. The van der Waals surface area contributed by atoms with Crippen molar-refractivity contribution in [3.63, 3.8) is 0 Å². The lowest BCUT2D eigenvalue weighted by Gasteiger charge is -2.25. The number of hydrogen-bond acceptors (Lipinski definition) is 2. The minimum Gasteiger partial charge on any atom is -0.505 e. The topological polar surface area (TPSA) is 32.3 Å². The van der Waals surface area contributed by atoms with Crippen molar-refractivity contribution >= 4 is 11.6 Å². The molecule has 1 aliphatic rings. The second-order valence-corrected chi connectivity index (χ2v) is 4.65. The van der Waals surface area contributed by atoms with Gasteiger partial charge in [-0.1, -0.05) is 11.6 Å². The minimum absolute atomic E-state index is 0.156. The van der Waals surface area contributed by atoms with Crippen LogP contribution in [0.25, 0.3) is 0 Å². The van der Waals surface area contributed by atoms with Gasteiger partial charge in [-0.15, -0.1) is 0 Å². The number of aryl methyl sites for hydroxylation is 1. The summed E-state index contributed by atoms with van der Waals surface area (Å²) >= 11 is 6.16. The predicted octanol–water partition coefficient (Wildman–Crippen LogP) is 2.96. The quantitative estimate of drug-likeness (QED) is 0.795. The lowest BCUT2D eigenvalue weighted by Crippen LogP contribution is -2.27. The second kappa shape index (κ2) is 4.60. The van der Waals surface area contributed by atoms with Crippen molar-refractivity contribution in [1.82, 2.24) is 5.32 Å². The van der Waals surface area contributed by atoms with Gasteiger partial charge >= 0.3 is 0 Å². The zero-order valence-electron chi connectivity index (χ0n) is 9.19. The molecule has 0 radical (unpaired) electrons. The summed E-state index contributed by atoms with van der Waals surface area (Å²) < 4.78 is 13.5. The first-order chi connectivity index (χ1) is 7.61. The van der Waals surface area contributed by atoms with Crippen molar-refractivity contribution in [2.75, 3.05) is 13.1 Å². The first-order valence-electron chi connectivity index (χ1n) is 5.49. The number of phenols is 1. The zero-order chi connectivity index (χ0) is 11.7. The molecule has 0 amide bonds. The van der Waals surface area contributed by atoms with Crippen LogP contribution in [0.4, 0.5) is 4.39 Å². The number of piperidine rings is 1. The minimum atomic E-state index is -0.574. The van der Waals surface area contributed by atoms with E-state index in [2.05, 4.69) is 5.32 Å². The Morgan fingerprint density at radius 3 is 2.69 bits per heavy atom. The van der Waals surface area contributed by atoms with Gasteiger partial charge in [0.05, 0.1) is 5.02 Å². The fraction of sp³-hybridized carbons (Fsp3) is 0.500. The van der Waals surface area contributed by atoms with Gasteiger partial charge in [0.15, 0.2) is 11.6 Å². The number of halogens is 2. The van der Waals surface area contributed by atoms with E-state index in [1.54, 1.807) is 6.92 Å². The Morgan fingerprint density at radius 2 is 2.06 bits per heavy atom. The van der Waals surface area contributed by atoms with Crippen molar-refractivity contribution in [3.8, 4) is 5.75 Å². The van der Waals surface area contributed by atoms with Gasteiger partial charge in [-0.25, -0.2) is 4.39 Å². The average Bonchev–Trinajstić information content (AvgIpc) is 2.28. The van der Waals surface area contributed by atoms with Gasteiger partial charge < -0.3 is 10.4 Å². The maximum Gasteiger partial charge on any atom is 0.165 e. The summed E-state index contributed by atoms with van der Waals surface area (Å²) in [6.07, 6.45) is 1.77. The molecule has 0 bridgehead atoms. The normalized spacial score (nSPS) is 17.7. The first kappa shape index (κ1) is 11.7. The van der Waals surface area contributed by atoms with E-state index in [-0.39, 0.29) is 11.7 Å². The molecule has 16 heavy (non-hydrogen) atoms. The molecule has 0 spiro atoms. The number of phenolic OH excluding ortho intramolecular Hbond substituents is 1. The van der Waals surface area contributed by atoms with Crippen molar-refractivity contribution < 1.29 is 9.50 Å². The summed E-state index contributed by atoms with van der Waals surface area (Å²) in [6, 6.07) is 1.28. The summed E-state index contributed by atoms with van der Waals surface area (Å²) in [5.74, 6) is -0.693. The van der Waals surface area contributed by atoms with Gasteiger partial charge in [0.1, 0.15) is 0 Å². The molecule has 0 unspecified atom stereocenters. The Labute approximate surface area is 99.4 Å². The fourth-order valence-corrected chi connectivity index (χ4v) is 2.55. The van der Waals surface area contributed by atoms with Crippen LogP contribution in [0.3, 0.4) is 0 Å². The molecule has 0 aromatic heterocycles. The van der Waals surface area contributed by atoms with E-state index in [0.29, 0.717) is 16.1 Å². The SMILES string of the molecule is Cc1cc(F)c(O)c(C2CCNCC2)c1Cl. The molecule has 1 aromatic rings. The number of nitrogens with one attached hydrogen (secondary N) is 1. The third-order valence-electron chi connectivity index (χ3n) is 3.15. The van der Waals surface area contributed by atoms with Gasteiger partial charge in [0.25, 0.3) is 0 Å². The molecule has 2 nitrogen and oxygen atoms in total. The first-order valence-corrected chi connectivity index (χ1v) is 5.87. The molecule has 0 aliphatic carbocycles. The van der Waals surface area contributed by atoms with Crippen LogP contribution < -0.4 is 5.32 Å². The van der Waals surface area contributed by atoms with Crippen LogP contribution in [-0.4, -0.2) is 18.2 Å². The lowest BCUT2D eigenvalue weighted by atomic mass is 9.88. The summed E-state index contributed by atoms with van der Waals surface area (Å²) in [6.45, 7) is 3.53. The lowest BCUT2D eigenvalue weighted by molar-refractivity contribution is 0.400. The third-order valence-corrected chi connectivity index (χ3v) is 3.66. The van der Waals surface area contributed by atoms with Gasteiger partial charge in [0, 0.05) is 5.56 Å². The largest absolute Gasteiger partial charge is 0.505 e. The van der Waals surface area contributed by atoms with Crippen molar-refractivity contribution in [2.45, 2.75) is 25.7 Å². The molecule has 4 heteroatoms. The van der Waals surface area contributed by atoms with E-state index in [4.69, 9.17) is 11.6 Å². The molecular formula is C12H15ClFNO. The highest BCUT2D eigenvalue weighted by Gasteiger charge is 2.24. The van der Waals surface area contributed by atoms with Crippen LogP contribution in [-0.2, 0) is 0 Å². The summed E-state index contributed by atoms with van der Waals surface area (Å²) in [5, 5.41) is 13.5. The van der Waals surface area contributed by atoms with E-state index < -0.39 is 5.82 Å². The molecule has 1 aromatic carbocycles. The van der Waals surface area contributed by atoms with Crippen LogP contribution in [0.1, 0.15) is 29.9 Å². The number of hydrogen-bond donors (Lipinski definition) is 2. The van der Waals surface area contributed by atoms with Crippen molar-refractivity contribution in [3.05, 3.63) is 28.0 Å². The Hall–Kier alpha value is -0.800. The smallest absolute Gasteiger partial charge is 0.165 e. The highest BCUT2D eigenvalue weighted by atomic mass is 35.5. The highest BCUT2D eigenvalue weighted by Crippen LogP contribution is 2.40. The number of aromatic hydroxyl groups is 1. The van der Waals surface area contributed by atoms with Crippen LogP contribution in [0.5, 0.6) is 5.75 Å². The van der Waals surface area contributed by atoms with Gasteiger partial charge in [0.2, 0.25) is 0 Å². The summed E-state index contributed by atoms with van der Waals surface area (Å²) in [4.78, 5) is 0. The van der Waals surface area contributed by atoms with Crippen LogP contribution >= 0.6 is 11.6 Å². The molecule has 88 valence electrons. The Balaban J connectivity index is 2.45. The Morgan fingerprint density at radius 1 is 1.44 bits per heavy atom. The van der Waals surface area contributed by atoms with Crippen LogP contribution in [0.15, 0.2) is 6.07 Å². The van der Waals surface area contributed by atoms with E-state index in [0.717, 1.165) is 25.9 Å². The van der Waals surface area contributed by atoms with Crippen LogP contribution in [0, 0.1) is 12.7 Å². The van der Waals surface area contributed by atoms with E-state index in [1.807, 2.05) is 0 Å². The Bertz CT molecular complexity index is 376. The number of rotatable bonds is 1. The Kier molecular flexibility index (Phi) is 3.36. The van der Waals surface area contributed by atoms with Crippen molar-refractivity contribution in [1.29, 1.82) is 0 Å². The summed E-state index contributed by atoms with van der Waals surface area (Å²) in [5.41, 5.74) is 1.27. The number of benzene rings is 1. The van der Waals surface area contributed by atoms with Gasteiger partial charge in [-0.3, -0.25) is 0 Å². The fourth-order valence-electron chi connectivity index (χ4n) is 2.25. The molecule has 1 fully saturated rings. The van der Waals surface area contributed by atoms with Gasteiger partial charge in [-0.2, -0.15) is 0 Å². The van der Waals surface area contributed by atoms with Crippen LogP contribution in [0.2, 0.25) is 5.02 Å². The zero-order valence-corrected chi connectivity index (χ0v) is 9.94.